The van der Waals surface area contributed by atoms with Crippen LogP contribution in [-0.4, -0.2) is 83.8 Å². The van der Waals surface area contributed by atoms with Gasteiger partial charge in [0.2, 0.25) is 0 Å². The van der Waals surface area contributed by atoms with E-state index in [1.165, 1.54) is 0 Å². The van der Waals surface area contributed by atoms with Crippen LogP contribution >= 0.6 is 0 Å². The molecule has 248 valence electrons. The highest BCUT2D eigenvalue weighted by atomic mass is 16.6. The molecule has 0 saturated heterocycles. The van der Waals surface area contributed by atoms with E-state index in [4.69, 9.17) is 28.8 Å². The van der Waals surface area contributed by atoms with Crippen molar-refractivity contribution in [2.24, 2.45) is 11.8 Å². The topological polar surface area (TPSA) is 193 Å². The summed E-state index contributed by atoms with van der Waals surface area (Å²) in [7, 11) is 0. The van der Waals surface area contributed by atoms with E-state index < -0.39 is 97.4 Å². The Bertz CT molecular complexity index is 954. The van der Waals surface area contributed by atoms with Gasteiger partial charge in [-0.25, -0.2) is 19.2 Å². The fraction of sp³-hybridized carbons (Fsp3) is 0.793. The third kappa shape index (κ3) is 17.9. The van der Waals surface area contributed by atoms with Gasteiger partial charge in [0.05, 0.1) is 12.8 Å². The first-order valence-corrected chi connectivity index (χ1v) is 14.4. The van der Waals surface area contributed by atoms with E-state index in [1.54, 1.807) is 62.3 Å². The van der Waals surface area contributed by atoms with Crippen molar-refractivity contribution >= 4 is 36.1 Å². The average Bonchev–Trinajstić information content (AvgIpc) is 2.87. The lowest BCUT2D eigenvalue weighted by molar-refractivity contribution is -0.170. The molecule has 0 bridgehead atoms. The molecule has 0 aliphatic heterocycles. The standard InChI is InChI=1S/C29H50N2O12/c1-11-17(3)22(30-26(37)42-28(5,6)7)24(35)40-16-19(15-39-21(34)14-13-20(32)33)41-25(36)23(18(4)12-2)31-27(38)43-29(8,9)10/h17-19,22-23H,11-16H2,1-10H3,(H,30,37)(H,31,38)(H,32,33)/t17-,18-,19?,22-,23-/m0/s1. The van der Waals surface area contributed by atoms with E-state index in [0.717, 1.165) is 0 Å². The minimum Gasteiger partial charge on any atom is -0.481 e. The normalized spacial score (nSPS) is 15.0. The summed E-state index contributed by atoms with van der Waals surface area (Å²) in [5.74, 6) is -4.56. The highest BCUT2D eigenvalue weighted by Crippen LogP contribution is 2.16. The summed E-state index contributed by atoms with van der Waals surface area (Å²) in [5.41, 5.74) is -1.63. The summed E-state index contributed by atoms with van der Waals surface area (Å²) < 4.78 is 26.5. The molecule has 0 saturated carbocycles. The Morgan fingerprint density at radius 3 is 1.49 bits per heavy atom. The van der Waals surface area contributed by atoms with Gasteiger partial charge in [-0.3, -0.25) is 9.59 Å². The summed E-state index contributed by atoms with van der Waals surface area (Å²) in [4.78, 5) is 73.8. The molecule has 0 rings (SSSR count). The number of carbonyl (C=O) groups is 6. The molecule has 0 aliphatic rings. The summed E-state index contributed by atoms with van der Waals surface area (Å²) in [6.45, 7) is 15.9. The molecule has 14 nitrogen and oxygen atoms in total. The van der Waals surface area contributed by atoms with Crippen molar-refractivity contribution in [2.75, 3.05) is 13.2 Å². The van der Waals surface area contributed by atoms with Crippen LogP contribution in [0.3, 0.4) is 0 Å². The zero-order chi connectivity index (χ0) is 33.5. The number of rotatable bonds is 16. The van der Waals surface area contributed by atoms with Gasteiger partial charge in [0, 0.05) is 0 Å². The van der Waals surface area contributed by atoms with E-state index in [-0.39, 0.29) is 5.92 Å². The highest BCUT2D eigenvalue weighted by molar-refractivity contribution is 5.83. The molecule has 43 heavy (non-hydrogen) atoms. The molecule has 0 aromatic carbocycles. The van der Waals surface area contributed by atoms with Gasteiger partial charge in [0.1, 0.15) is 36.5 Å². The Morgan fingerprint density at radius 1 is 0.674 bits per heavy atom. The lowest BCUT2D eigenvalue weighted by Gasteiger charge is -2.28. The zero-order valence-corrected chi connectivity index (χ0v) is 27.1. The van der Waals surface area contributed by atoms with Crippen molar-refractivity contribution in [3.63, 3.8) is 0 Å². The van der Waals surface area contributed by atoms with E-state index in [2.05, 4.69) is 10.6 Å². The third-order valence-corrected chi connectivity index (χ3v) is 5.95. The maximum Gasteiger partial charge on any atom is 0.408 e. The van der Waals surface area contributed by atoms with Crippen LogP contribution < -0.4 is 10.6 Å². The molecular weight excluding hydrogens is 568 g/mol. The molecule has 0 radical (unpaired) electrons. The van der Waals surface area contributed by atoms with Gasteiger partial charge < -0.3 is 39.4 Å². The number of nitrogens with one attached hydrogen (secondary N) is 2. The van der Waals surface area contributed by atoms with Gasteiger partial charge in [-0.1, -0.05) is 40.5 Å². The SMILES string of the molecule is CC[C@H](C)[C@H](NC(=O)OC(C)(C)C)C(=O)OCC(COC(=O)CCC(=O)O)OC(=O)[C@@H](NC(=O)OC(C)(C)C)[C@@H](C)CC. The Balaban J connectivity index is 5.81. The monoisotopic (exact) mass is 618 g/mol. The lowest BCUT2D eigenvalue weighted by atomic mass is 9.99. The van der Waals surface area contributed by atoms with Gasteiger partial charge in [0.15, 0.2) is 6.10 Å². The highest BCUT2D eigenvalue weighted by Gasteiger charge is 2.34. The lowest BCUT2D eigenvalue weighted by Crippen LogP contribution is -2.50. The van der Waals surface area contributed by atoms with Crippen molar-refractivity contribution in [3.05, 3.63) is 0 Å². The van der Waals surface area contributed by atoms with Crippen molar-refractivity contribution in [1.29, 1.82) is 0 Å². The molecule has 0 aromatic heterocycles. The first-order valence-electron chi connectivity index (χ1n) is 14.4. The Hall–Kier alpha value is -3.58. The molecular formula is C29H50N2O12. The fourth-order valence-electron chi connectivity index (χ4n) is 3.29. The van der Waals surface area contributed by atoms with Crippen LogP contribution in [-0.2, 0) is 42.9 Å². The molecule has 1 unspecified atom stereocenters. The van der Waals surface area contributed by atoms with Crippen LogP contribution in [0.2, 0.25) is 0 Å². The van der Waals surface area contributed by atoms with E-state index >= 15 is 0 Å². The van der Waals surface area contributed by atoms with Crippen LogP contribution in [0.25, 0.3) is 0 Å². The average molecular weight is 619 g/mol. The molecule has 3 N–H and O–H groups in total. The van der Waals surface area contributed by atoms with Gasteiger partial charge in [-0.2, -0.15) is 0 Å². The maximum atomic E-state index is 13.2. The summed E-state index contributed by atoms with van der Waals surface area (Å²) in [6.07, 6.45) is -2.91. The molecule has 0 aromatic rings. The molecule has 0 heterocycles. The second kappa shape index (κ2) is 18.2. The Labute approximate surface area is 253 Å². The molecule has 14 heteroatoms. The van der Waals surface area contributed by atoms with Crippen molar-refractivity contribution < 1.29 is 57.6 Å². The number of carboxylic acid groups (broad SMARTS) is 1. The largest absolute Gasteiger partial charge is 0.481 e. The predicted molar refractivity (Wildman–Crippen MR) is 154 cm³/mol. The number of aliphatic carboxylic acids is 1. The third-order valence-electron chi connectivity index (χ3n) is 5.95. The van der Waals surface area contributed by atoms with Crippen LogP contribution in [0.15, 0.2) is 0 Å². The number of hydrogen-bond donors (Lipinski definition) is 3. The fourth-order valence-corrected chi connectivity index (χ4v) is 3.29. The van der Waals surface area contributed by atoms with E-state index in [0.29, 0.717) is 12.8 Å². The van der Waals surface area contributed by atoms with Crippen molar-refractivity contribution in [3.8, 4) is 0 Å². The van der Waals surface area contributed by atoms with E-state index in [1.807, 2.05) is 6.92 Å². The number of carbonyl (C=O) groups excluding carboxylic acids is 5. The van der Waals surface area contributed by atoms with Gasteiger partial charge in [-0.15, -0.1) is 0 Å². The number of esters is 3. The first-order chi connectivity index (χ1) is 19.7. The summed E-state index contributed by atoms with van der Waals surface area (Å²) in [6, 6.07) is -2.25. The Morgan fingerprint density at radius 2 is 1.09 bits per heavy atom. The van der Waals surface area contributed by atoms with Crippen molar-refractivity contribution in [2.45, 2.75) is 124 Å². The second-order valence-corrected chi connectivity index (χ2v) is 12.3. The molecule has 0 spiro atoms. The maximum absolute atomic E-state index is 13.2. The second-order valence-electron chi connectivity index (χ2n) is 12.3. The van der Waals surface area contributed by atoms with Crippen LogP contribution in [0.4, 0.5) is 9.59 Å². The van der Waals surface area contributed by atoms with Gasteiger partial charge in [-0.05, 0) is 53.4 Å². The molecule has 2 amide bonds. The number of ether oxygens (including phenoxy) is 5. The number of amides is 2. The minimum atomic E-state index is -1.32. The van der Waals surface area contributed by atoms with Crippen LogP contribution in [0.5, 0.6) is 0 Å². The summed E-state index contributed by atoms with van der Waals surface area (Å²) >= 11 is 0. The molecule has 5 atom stereocenters. The van der Waals surface area contributed by atoms with Crippen molar-refractivity contribution in [1.82, 2.24) is 10.6 Å². The summed E-state index contributed by atoms with van der Waals surface area (Å²) in [5, 5.41) is 13.8. The molecule has 0 aliphatic carbocycles. The van der Waals surface area contributed by atoms with Crippen LogP contribution in [0, 0.1) is 11.8 Å². The van der Waals surface area contributed by atoms with Gasteiger partial charge >= 0.3 is 36.1 Å². The first kappa shape index (κ1) is 39.4. The predicted octanol–water partition coefficient (Wildman–Crippen LogP) is 3.73. The number of hydrogen-bond acceptors (Lipinski definition) is 11. The van der Waals surface area contributed by atoms with Gasteiger partial charge in [0.25, 0.3) is 0 Å². The van der Waals surface area contributed by atoms with Crippen LogP contribution in [0.1, 0.15) is 94.9 Å². The molecule has 0 fully saturated rings. The Kier molecular flexibility index (Phi) is 16.7. The minimum absolute atomic E-state index is 0.359. The quantitative estimate of drug-likeness (QED) is 0.168. The smallest absolute Gasteiger partial charge is 0.408 e. The number of carboxylic acids is 1. The number of alkyl carbamates (subject to hydrolysis) is 2. The zero-order valence-electron chi connectivity index (χ0n) is 27.1. The van der Waals surface area contributed by atoms with E-state index in [9.17, 15) is 28.8 Å².